The van der Waals surface area contributed by atoms with Crippen molar-refractivity contribution in [1.29, 1.82) is 5.41 Å². The number of hydrogen-bond acceptors (Lipinski definition) is 31. The average Bonchev–Trinajstić information content (AvgIpc) is 1.13. The first-order valence-corrected chi connectivity index (χ1v) is 47.1. The molecular formula is C91H142N26O28. The number of aliphatic carboxylic acids is 2. The minimum absolute atomic E-state index is 0.00940. The standard InChI is InChI=1S/C91H142N26O28/c1-45(2)34-61(82(137)106-59(22-17-33-99-91(96)97)78(133)105-57(20-13-15-31-92)77(132)104-56(27-29-69(94)125)68(124)41-100-47(5)42-118)109-79(134)58(21-14-16-32-93)107-89(144)74(49(7)120)116-85(140)62(36-53-23-25-55(123)26-24-53)110-84(139)65(38-70(95)126)111-80(135)60(28-30-71(127)128)108-90(145)75(50(8)121)117-86(141)63(35-52-18-11-10-12-19-52)113-88(143)73(46(3)4)115-76(131)48(6)102-81(136)66(39-72(129)130)112-87(142)67(43-119)114-83(138)64(103-51(9)122)37-54-40-98-44-101-54/h10-12,18-19,23-26,40,42,44-50,56-67,73-75,100,119-121,123H,13-17,20-22,27-39,41,43,92-93H2,1-9H3,(H2,94,125)(H2,95,126)(H,98,101)(H,102,136)(H,103,122)(H,104,132)(H,105,133)(H,106,137)(H,107,144)(H,108,145)(H,109,134)(H,110,139)(H,111,135)(H,112,142)(H,113,143)(H,114,138)(H,115,131)(H,116,140)(H,117,141)(H,127,128)(H,129,130)(H4,96,97,99)/t47-,48+,49?,50?,56+,57+,58+,59+,60+,61+,62+,63+,64+,65+,66+,67+,73+,74+,75+/m1/s1. The average molecular weight is 2050 g/mol. The molecule has 19 atom stereocenters. The summed E-state index contributed by atoms with van der Waals surface area (Å²) in [5.41, 5.74) is 29.1. The number of phenols is 1. The number of guanidine groups is 1. The number of primary amides is 2. The highest BCUT2D eigenvalue weighted by molar-refractivity contribution is 6.03. The summed E-state index contributed by atoms with van der Waals surface area (Å²) < 4.78 is 0. The molecule has 0 radical (unpaired) electrons. The van der Waals surface area contributed by atoms with E-state index in [1.807, 2.05) is 0 Å². The molecule has 804 valence electrons. The van der Waals surface area contributed by atoms with Gasteiger partial charge in [0, 0.05) is 57.5 Å². The van der Waals surface area contributed by atoms with Crippen LogP contribution < -0.4 is 124 Å². The lowest BCUT2D eigenvalue weighted by Crippen LogP contribution is -2.63. The Kier molecular flexibility index (Phi) is 55.5. The van der Waals surface area contributed by atoms with Crippen LogP contribution in [0.4, 0.5) is 0 Å². The normalized spacial score (nSPS) is 15.1. The van der Waals surface area contributed by atoms with Crippen LogP contribution in [-0.2, 0) is 125 Å². The zero-order valence-corrected chi connectivity index (χ0v) is 82.3. The van der Waals surface area contributed by atoms with E-state index in [9.17, 15) is 136 Å². The molecule has 0 aliphatic heterocycles. The second-order valence-electron chi connectivity index (χ2n) is 35.5. The summed E-state index contributed by atoms with van der Waals surface area (Å²) in [6, 6.07) is -16.0. The first kappa shape index (κ1) is 124. The Morgan fingerprint density at radius 3 is 1.27 bits per heavy atom. The van der Waals surface area contributed by atoms with Crippen LogP contribution in [0.3, 0.4) is 0 Å². The number of rotatable bonds is 70. The highest BCUT2D eigenvalue weighted by Crippen LogP contribution is 2.18. The number of unbranched alkanes of at least 4 members (excludes halogenated alkanes) is 2. The molecule has 0 bridgehead atoms. The number of Topliss-reactive ketones (excluding diaryl/α,β-unsaturated/α-hetero) is 1. The Balaban J connectivity index is 2.00. The van der Waals surface area contributed by atoms with Crippen LogP contribution in [0, 0.1) is 17.2 Å². The van der Waals surface area contributed by atoms with Crippen molar-refractivity contribution in [2.24, 2.45) is 40.5 Å². The number of amides is 18. The molecule has 1 aromatic heterocycles. The number of aldehydes is 1. The zero-order valence-electron chi connectivity index (χ0n) is 82.3. The number of ketones is 1. The Labute approximate surface area is 835 Å². The first-order valence-electron chi connectivity index (χ1n) is 47.1. The number of carboxylic acids is 2. The van der Waals surface area contributed by atoms with Crippen LogP contribution in [0.1, 0.15) is 175 Å². The van der Waals surface area contributed by atoms with Gasteiger partial charge in [-0.1, -0.05) is 70.2 Å². The minimum Gasteiger partial charge on any atom is -0.508 e. The lowest BCUT2D eigenvalue weighted by Gasteiger charge is -2.30. The Morgan fingerprint density at radius 2 is 0.821 bits per heavy atom. The van der Waals surface area contributed by atoms with Gasteiger partial charge in [0.1, 0.15) is 103 Å². The molecule has 0 fully saturated rings. The lowest BCUT2D eigenvalue weighted by atomic mass is 10.00. The first-order chi connectivity index (χ1) is 68.3. The van der Waals surface area contributed by atoms with E-state index < -0.39 is 308 Å². The van der Waals surface area contributed by atoms with Crippen LogP contribution in [0.5, 0.6) is 5.75 Å². The predicted octanol–water partition coefficient (Wildman–Crippen LogP) is -9.86. The number of carbonyl (C=O) groups is 22. The van der Waals surface area contributed by atoms with Gasteiger partial charge in [-0.3, -0.25) is 106 Å². The van der Waals surface area contributed by atoms with Gasteiger partial charge in [-0.15, -0.1) is 0 Å². The van der Waals surface area contributed by atoms with Crippen molar-refractivity contribution in [3.8, 4) is 5.75 Å². The fourth-order valence-corrected chi connectivity index (χ4v) is 14.3. The molecule has 3 aromatic rings. The zero-order chi connectivity index (χ0) is 109. The Hall–Kier alpha value is -14.8. The minimum atomic E-state index is -2.16. The number of aliphatic hydroxyl groups is 3. The van der Waals surface area contributed by atoms with Gasteiger partial charge in [0.2, 0.25) is 106 Å². The number of aliphatic hydroxyl groups excluding tert-OH is 3. The molecule has 54 heteroatoms. The van der Waals surface area contributed by atoms with Crippen LogP contribution in [0.2, 0.25) is 0 Å². The van der Waals surface area contributed by atoms with Gasteiger partial charge in [-0.05, 0) is 147 Å². The summed E-state index contributed by atoms with van der Waals surface area (Å²) >= 11 is 0. The SMILES string of the molecule is CC(=O)N[C@@H](Cc1cnc[nH]1)C(=O)N[C@@H](CO)C(=O)N[C@@H](CC(=O)O)C(=O)N[C@@H](C)C(=O)N[C@H](C(=O)N[C@@H](Cc1ccccc1)C(=O)N[C@H](C(=O)N[C@@H](CCC(=O)O)C(=O)N[C@@H](CC(N)=O)C(=O)N[C@@H](Cc1ccc(O)cc1)C(=O)N[C@H](C(=O)N[C@@H](CCCCN)C(=O)N[C@@H](CC(C)C)C(=O)N[C@@H](CCCNC(=N)N)C(=O)N[C@@H](CCCCN)C(=O)N[C@@H](CCC(N)=O)C(=O)CN[C@H](C)C=O)C(C)O)C(C)O)C(C)C. The number of carboxylic acid groups (broad SMARTS) is 2. The number of aromatic hydroxyl groups is 1. The number of H-pyrrole nitrogens is 1. The summed E-state index contributed by atoms with van der Waals surface area (Å²) in [6.45, 7) is 10.7. The number of carbonyl (C=O) groups excluding carboxylic acids is 20. The molecule has 0 aliphatic carbocycles. The summed E-state index contributed by atoms with van der Waals surface area (Å²) in [4.78, 5) is 308. The second-order valence-corrected chi connectivity index (χ2v) is 35.5. The van der Waals surface area contributed by atoms with E-state index in [4.69, 9.17) is 34.1 Å². The lowest BCUT2D eigenvalue weighted by molar-refractivity contribution is -0.142. The molecular weight excluding hydrogens is 1910 g/mol. The third-order valence-corrected chi connectivity index (χ3v) is 22.2. The van der Waals surface area contributed by atoms with Crippen LogP contribution in [-0.4, -0.2) is 325 Å². The van der Waals surface area contributed by atoms with Crippen molar-refractivity contribution in [3.63, 3.8) is 0 Å². The third-order valence-electron chi connectivity index (χ3n) is 22.2. The van der Waals surface area contributed by atoms with Gasteiger partial charge in [0.05, 0.1) is 56.6 Å². The van der Waals surface area contributed by atoms with Crippen molar-refractivity contribution in [3.05, 3.63) is 83.9 Å². The predicted molar refractivity (Wildman–Crippen MR) is 516 cm³/mol. The molecule has 0 saturated carbocycles. The maximum Gasteiger partial charge on any atom is 0.305 e. The van der Waals surface area contributed by atoms with E-state index in [1.54, 1.807) is 32.0 Å². The number of phenolic OH excluding ortho intramolecular Hbond substituents is 1. The molecule has 0 saturated heterocycles. The Morgan fingerprint density at radius 1 is 0.421 bits per heavy atom. The summed E-state index contributed by atoms with van der Waals surface area (Å²) in [6.07, 6.45) is -5.97. The van der Waals surface area contributed by atoms with Crippen LogP contribution >= 0.6 is 0 Å². The molecule has 2 aromatic carbocycles. The molecule has 36 N–H and O–H groups in total. The van der Waals surface area contributed by atoms with Crippen molar-refractivity contribution >= 4 is 136 Å². The topological polar surface area (TPSA) is 896 Å². The molecule has 145 heavy (non-hydrogen) atoms. The number of nitrogens with one attached hydrogen (secondary N) is 20. The Bertz CT molecular complexity index is 4860. The highest BCUT2D eigenvalue weighted by atomic mass is 16.4. The van der Waals surface area contributed by atoms with E-state index in [1.165, 1.54) is 69.7 Å². The van der Waals surface area contributed by atoms with Crippen molar-refractivity contribution < 1.29 is 136 Å². The van der Waals surface area contributed by atoms with E-state index in [0.29, 0.717) is 24.0 Å². The number of imidazole rings is 1. The fourth-order valence-electron chi connectivity index (χ4n) is 14.3. The number of benzene rings is 2. The second kappa shape index (κ2) is 64.7. The molecule has 2 unspecified atom stereocenters. The molecule has 54 nitrogen and oxygen atoms in total. The van der Waals surface area contributed by atoms with Gasteiger partial charge < -0.3 is 165 Å². The number of aromatic nitrogens is 2. The maximum atomic E-state index is 14.9. The number of hydrogen-bond donors (Lipinski definition) is 31. The summed E-state index contributed by atoms with van der Waals surface area (Å²) in [5, 5.41) is 114. The van der Waals surface area contributed by atoms with Gasteiger partial charge in [0.15, 0.2) is 11.7 Å². The van der Waals surface area contributed by atoms with Crippen LogP contribution in [0.15, 0.2) is 67.1 Å². The summed E-state index contributed by atoms with van der Waals surface area (Å²) in [5.74, 6) is -26.2. The maximum absolute atomic E-state index is 14.9. The van der Waals surface area contributed by atoms with Gasteiger partial charge in [0.25, 0.3) is 0 Å². The quantitative estimate of drug-likeness (QED) is 0.0108. The van der Waals surface area contributed by atoms with Gasteiger partial charge in [-0.25, -0.2) is 4.98 Å². The van der Waals surface area contributed by atoms with Gasteiger partial charge in [-0.2, -0.15) is 0 Å². The number of aromatic amines is 1. The molecule has 1 heterocycles. The molecule has 3 rings (SSSR count). The smallest absolute Gasteiger partial charge is 0.305 e. The number of nitrogens with two attached hydrogens (primary N) is 5. The third kappa shape index (κ3) is 47.3. The van der Waals surface area contributed by atoms with Gasteiger partial charge >= 0.3 is 11.9 Å². The highest BCUT2D eigenvalue weighted by Gasteiger charge is 2.42. The largest absolute Gasteiger partial charge is 0.508 e. The summed E-state index contributed by atoms with van der Waals surface area (Å²) in [7, 11) is 0. The van der Waals surface area contributed by atoms with Crippen molar-refractivity contribution in [1.82, 2.24) is 106 Å². The number of nitrogens with zero attached hydrogens (tertiary/aromatic N) is 1. The van der Waals surface area contributed by atoms with E-state index in [2.05, 4.69) is 106 Å². The fraction of sp³-hybridized carbons (Fsp3) is 0.582. The van der Waals surface area contributed by atoms with E-state index in [-0.39, 0.29) is 102 Å². The van der Waals surface area contributed by atoms with Crippen LogP contribution in [0.25, 0.3) is 0 Å². The van der Waals surface area contributed by atoms with Crippen molar-refractivity contribution in [2.45, 2.75) is 293 Å². The molecule has 0 aliphatic rings. The van der Waals surface area contributed by atoms with E-state index in [0.717, 1.165) is 27.7 Å². The van der Waals surface area contributed by atoms with E-state index >= 15 is 0 Å². The molecule has 0 spiro atoms. The van der Waals surface area contributed by atoms with Crippen molar-refractivity contribution in [2.75, 3.05) is 32.8 Å². The monoisotopic (exact) mass is 2050 g/mol. The molecule has 18 amide bonds.